The van der Waals surface area contributed by atoms with Crippen molar-refractivity contribution in [2.45, 2.75) is 213 Å². The van der Waals surface area contributed by atoms with Crippen molar-refractivity contribution in [3.63, 3.8) is 0 Å². The van der Waals surface area contributed by atoms with E-state index in [2.05, 4.69) is 20.8 Å². The fourth-order valence-corrected chi connectivity index (χ4v) is 5.52. The van der Waals surface area contributed by atoms with Crippen LogP contribution >= 0.6 is 0 Å². The quantitative estimate of drug-likeness (QED) is 0.0900. The summed E-state index contributed by atoms with van der Waals surface area (Å²) in [5.74, 6) is 0.967. The van der Waals surface area contributed by atoms with E-state index < -0.39 is 0 Å². The Morgan fingerprint density at radius 2 is 0.441 bits per heavy atom. The van der Waals surface area contributed by atoms with Gasteiger partial charge in [0.1, 0.15) is 0 Å². The zero-order chi connectivity index (χ0) is 24.8. The van der Waals surface area contributed by atoms with Gasteiger partial charge >= 0.3 is 0 Å². The van der Waals surface area contributed by atoms with Crippen molar-refractivity contribution in [1.82, 2.24) is 0 Å². The van der Waals surface area contributed by atoms with Crippen LogP contribution < -0.4 is 0 Å². The van der Waals surface area contributed by atoms with Crippen LogP contribution in [0.1, 0.15) is 213 Å². The van der Waals surface area contributed by atoms with Gasteiger partial charge in [-0.05, 0) is 5.92 Å². The van der Waals surface area contributed by atoms with Crippen LogP contribution in [0.25, 0.3) is 0 Å². The van der Waals surface area contributed by atoms with Gasteiger partial charge in [-0.15, -0.1) is 0 Å². The Morgan fingerprint density at radius 1 is 0.265 bits per heavy atom. The van der Waals surface area contributed by atoms with E-state index in [9.17, 15) is 0 Å². The minimum Gasteiger partial charge on any atom is -0.0654 e. The molecular weight excluding hydrogens is 408 g/mol. The maximum absolute atomic E-state index is 2.50. The van der Waals surface area contributed by atoms with Crippen molar-refractivity contribution in [2.75, 3.05) is 0 Å². The van der Waals surface area contributed by atoms with Gasteiger partial charge in [0.2, 0.25) is 0 Å². The summed E-state index contributed by atoms with van der Waals surface area (Å²) in [5, 5.41) is 0. The largest absolute Gasteiger partial charge is 0.0654 e. The first-order chi connectivity index (χ1) is 16.8. The molecule has 206 valence electrons. The van der Waals surface area contributed by atoms with Crippen LogP contribution in [0.4, 0.5) is 0 Å². The van der Waals surface area contributed by atoms with E-state index in [0.29, 0.717) is 0 Å². The van der Waals surface area contributed by atoms with Crippen LogP contribution in [-0.4, -0.2) is 0 Å². The minimum atomic E-state index is 0.967. The molecule has 0 heteroatoms. The highest BCUT2D eigenvalue weighted by atomic mass is 14.1. The molecule has 0 amide bonds. The predicted molar refractivity (Wildman–Crippen MR) is 159 cm³/mol. The van der Waals surface area contributed by atoms with Crippen LogP contribution in [0.2, 0.25) is 0 Å². The smallest absolute Gasteiger partial charge is 0.0443 e. The molecule has 0 aromatic rings. The highest BCUT2D eigenvalue weighted by Gasteiger charge is 2.02. The SMILES string of the molecule is CCCCCCCCCCCCCCCCC(C)CCCCCCCCCCCCCCCC. The Hall–Kier alpha value is 0. The number of rotatable bonds is 30. The Bertz CT molecular complexity index is 301. The molecule has 0 aromatic carbocycles. The first-order valence-electron chi connectivity index (χ1n) is 16.8. The molecule has 0 nitrogen and oxygen atoms in total. The zero-order valence-electron chi connectivity index (χ0n) is 24.8. The van der Waals surface area contributed by atoms with Crippen LogP contribution in [0.3, 0.4) is 0 Å². The molecule has 34 heavy (non-hydrogen) atoms. The second-order valence-electron chi connectivity index (χ2n) is 11.9. The van der Waals surface area contributed by atoms with Gasteiger partial charge in [0.05, 0.1) is 0 Å². The molecule has 0 N–H and O–H groups in total. The van der Waals surface area contributed by atoms with E-state index in [0.717, 1.165) is 5.92 Å². The lowest BCUT2D eigenvalue weighted by molar-refractivity contribution is 0.429. The Labute approximate surface area is 219 Å². The molecule has 0 bridgehead atoms. The normalized spacial score (nSPS) is 11.6. The first kappa shape index (κ1) is 34.0. The average molecular weight is 479 g/mol. The molecule has 0 aliphatic heterocycles. The van der Waals surface area contributed by atoms with Crippen molar-refractivity contribution in [3.8, 4) is 0 Å². The van der Waals surface area contributed by atoms with Gasteiger partial charge < -0.3 is 0 Å². The van der Waals surface area contributed by atoms with Crippen LogP contribution in [-0.2, 0) is 0 Å². The topological polar surface area (TPSA) is 0 Å². The molecule has 0 aromatic heterocycles. The Kier molecular flexibility index (Phi) is 31.0. The standard InChI is InChI=1S/C34H70/c1-4-6-8-10-12-14-16-18-20-22-24-26-28-30-32-34(3)33-31-29-27-25-23-21-19-17-15-13-11-9-7-5-2/h34H,4-33H2,1-3H3. The van der Waals surface area contributed by atoms with Gasteiger partial charge in [-0.1, -0.05) is 213 Å². The lowest BCUT2D eigenvalue weighted by Crippen LogP contribution is -1.95. The third kappa shape index (κ3) is 30.0. The summed E-state index contributed by atoms with van der Waals surface area (Å²) >= 11 is 0. The summed E-state index contributed by atoms with van der Waals surface area (Å²) in [6, 6.07) is 0. The average Bonchev–Trinajstić information content (AvgIpc) is 2.84. The van der Waals surface area contributed by atoms with Crippen molar-refractivity contribution in [3.05, 3.63) is 0 Å². The van der Waals surface area contributed by atoms with E-state index in [1.54, 1.807) is 0 Å². The molecule has 0 spiro atoms. The molecule has 0 aliphatic rings. The third-order valence-electron chi connectivity index (χ3n) is 8.10. The van der Waals surface area contributed by atoms with E-state index in [1.807, 2.05) is 0 Å². The molecule has 0 unspecified atom stereocenters. The summed E-state index contributed by atoms with van der Waals surface area (Å²) < 4.78 is 0. The first-order valence-corrected chi connectivity index (χ1v) is 16.8. The number of hydrogen-bond donors (Lipinski definition) is 0. The number of unbranched alkanes of at least 4 members (excludes halogenated alkanes) is 26. The zero-order valence-corrected chi connectivity index (χ0v) is 24.8. The van der Waals surface area contributed by atoms with Gasteiger partial charge in [0.15, 0.2) is 0 Å². The summed E-state index contributed by atoms with van der Waals surface area (Å²) in [6.45, 7) is 7.12. The lowest BCUT2D eigenvalue weighted by atomic mass is 9.95. The van der Waals surface area contributed by atoms with E-state index in [1.165, 1.54) is 193 Å². The van der Waals surface area contributed by atoms with Gasteiger partial charge in [-0.3, -0.25) is 0 Å². The summed E-state index contributed by atoms with van der Waals surface area (Å²) in [6.07, 6.45) is 44.2. The maximum Gasteiger partial charge on any atom is -0.0443 e. The van der Waals surface area contributed by atoms with E-state index in [4.69, 9.17) is 0 Å². The molecule has 0 aliphatic carbocycles. The van der Waals surface area contributed by atoms with Gasteiger partial charge in [0, 0.05) is 0 Å². The molecule has 0 rings (SSSR count). The summed E-state index contributed by atoms with van der Waals surface area (Å²) in [7, 11) is 0. The molecule has 0 fully saturated rings. The van der Waals surface area contributed by atoms with E-state index >= 15 is 0 Å². The fourth-order valence-electron chi connectivity index (χ4n) is 5.52. The second kappa shape index (κ2) is 31.0. The molecule has 0 saturated carbocycles. The molecule has 0 radical (unpaired) electrons. The highest BCUT2D eigenvalue weighted by molar-refractivity contribution is 4.56. The van der Waals surface area contributed by atoms with Crippen LogP contribution in [0.5, 0.6) is 0 Å². The monoisotopic (exact) mass is 479 g/mol. The second-order valence-corrected chi connectivity index (χ2v) is 11.9. The minimum absolute atomic E-state index is 0.967. The summed E-state index contributed by atoms with van der Waals surface area (Å²) in [4.78, 5) is 0. The van der Waals surface area contributed by atoms with Crippen molar-refractivity contribution in [1.29, 1.82) is 0 Å². The molecular formula is C34H70. The van der Waals surface area contributed by atoms with Gasteiger partial charge in [-0.25, -0.2) is 0 Å². The van der Waals surface area contributed by atoms with E-state index in [-0.39, 0.29) is 0 Å². The Morgan fingerprint density at radius 3 is 0.647 bits per heavy atom. The van der Waals surface area contributed by atoms with Gasteiger partial charge in [0.25, 0.3) is 0 Å². The van der Waals surface area contributed by atoms with Crippen molar-refractivity contribution >= 4 is 0 Å². The summed E-state index contributed by atoms with van der Waals surface area (Å²) in [5.41, 5.74) is 0. The molecule has 0 atom stereocenters. The van der Waals surface area contributed by atoms with Crippen molar-refractivity contribution in [2.24, 2.45) is 5.92 Å². The molecule has 0 saturated heterocycles. The lowest BCUT2D eigenvalue weighted by Gasteiger charge is -2.11. The maximum atomic E-state index is 2.50. The van der Waals surface area contributed by atoms with Crippen LogP contribution in [0, 0.1) is 5.92 Å². The van der Waals surface area contributed by atoms with Crippen LogP contribution in [0.15, 0.2) is 0 Å². The Balaban J connectivity index is 3.13. The number of hydrogen-bond acceptors (Lipinski definition) is 0. The third-order valence-corrected chi connectivity index (χ3v) is 8.10. The fraction of sp³-hybridized carbons (Fsp3) is 1.00. The molecule has 0 heterocycles. The highest BCUT2D eigenvalue weighted by Crippen LogP contribution is 2.19. The van der Waals surface area contributed by atoms with Crippen molar-refractivity contribution < 1.29 is 0 Å². The van der Waals surface area contributed by atoms with Gasteiger partial charge in [-0.2, -0.15) is 0 Å². The predicted octanol–water partition coefficient (Wildman–Crippen LogP) is 13.4.